The third-order valence-electron chi connectivity index (χ3n) is 2.55. The first-order valence-electron chi connectivity index (χ1n) is 4.88. The van der Waals surface area contributed by atoms with E-state index in [0.29, 0.717) is 12.4 Å². The summed E-state index contributed by atoms with van der Waals surface area (Å²) in [6.07, 6.45) is 0. The monoisotopic (exact) mass is 193 g/mol. The summed E-state index contributed by atoms with van der Waals surface area (Å²) >= 11 is 0. The molecule has 1 aliphatic rings. The Morgan fingerprint density at radius 1 is 1.50 bits per heavy atom. The molecule has 0 saturated carbocycles. The summed E-state index contributed by atoms with van der Waals surface area (Å²) < 4.78 is 5.40. The molecule has 0 amide bonds. The molecule has 0 radical (unpaired) electrons. The third-order valence-corrected chi connectivity index (χ3v) is 2.55. The van der Waals surface area contributed by atoms with Crippen LogP contribution in [0.1, 0.15) is 17.2 Å². The second-order valence-electron chi connectivity index (χ2n) is 3.62. The number of benzene rings is 1. The van der Waals surface area contributed by atoms with E-state index < -0.39 is 0 Å². The van der Waals surface area contributed by atoms with Crippen LogP contribution >= 0.6 is 0 Å². The SMILES string of the molecule is Cc1cc(O)ccc1C1COCCN1. The van der Waals surface area contributed by atoms with Gasteiger partial charge in [-0.25, -0.2) is 0 Å². The zero-order valence-corrected chi connectivity index (χ0v) is 8.29. The summed E-state index contributed by atoms with van der Waals surface area (Å²) in [6, 6.07) is 5.73. The molecule has 2 rings (SSSR count). The first-order valence-corrected chi connectivity index (χ1v) is 4.88. The van der Waals surface area contributed by atoms with E-state index in [9.17, 15) is 5.11 Å². The fourth-order valence-corrected chi connectivity index (χ4v) is 1.82. The Kier molecular flexibility index (Phi) is 2.70. The van der Waals surface area contributed by atoms with Crippen molar-refractivity contribution in [1.82, 2.24) is 5.32 Å². The predicted octanol–water partition coefficient (Wildman–Crippen LogP) is 1.36. The minimum atomic E-state index is 0.268. The average Bonchev–Trinajstić information content (AvgIpc) is 2.19. The topological polar surface area (TPSA) is 41.5 Å². The van der Waals surface area contributed by atoms with Crippen molar-refractivity contribution in [3.05, 3.63) is 29.3 Å². The minimum Gasteiger partial charge on any atom is -0.508 e. The molecule has 1 aromatic carbocycles. The highest BCUT2D eigenvalue weighted by Crippen LogP contribution is 2.23. The standard InChI is InChI=1S/C11H15NO2/c1-8-6-9(13)2-3-10(8)11-7-14-5-4-12-11/h2-3,6,11-13H,4-5,7H2,1H3. The van der Waals surface area contributed by atoms with Gasteiger partial charge in [-0.15, -0.1) is 0 Å². The number of ether oxygens (including phenoxy) is 1. The molecule has 0 aliphatic carbocycles. The molecule has 1 saturated heterocycles. The highest BCUT2D eigenvalue weighted by Gasteiger charge is 2.16. The van der Waals surface area contributed by atoms with Gasteiger partial charge in [0.15, 0.2) is 0 Å². The van der Waals surface area contributed by atoms with Gasteiger partial charge in [0.1, 0.15) is 5.75 Å². The molecule has 3 heteroatoms. The van der Waals surface area contributed by atoms with E-state index in [-0.39, 0.29) is 6.04 Å². The predicted molar refractivity (Wildman–Crippen MR) is 54.4 cm³/mol. The van der Waals surface area contributed by atoms with Gasteiger partial charge < -0.3 is 15.2 Å². The minimum absolute atomic E-state index is 0.268. The van der Waals surface area contributed by atoms with Gasteiger partial charge in [0.2, 0.25) is 0 Å². The molecular weight excluding hydrogens is 178 g/mol. The van der Waals surface area contributed by atoms with Crippen LogP contribution in [0.2, 0.25) is 0 Å². The van der Waals surface area contributed by atoms with E-state index in [1.54, 1.807) is 12.1 Å². The first kappa shape index (κ1) is 9.49. The van der Waals surface area contributed by atoms with E-state index in [0.717, 1.165) is 18.7 Å². The van der Waals surface area contributed by atoms with Crippen LogP contribution < -0.4 is 5.32 Å². The number of hydrogen-bond acceptors (Lipinski definition) is 3. The van der Waals surface area contributed by atoms with Crippen LogP contribution in [0.4, 0.5) is 0 Å². The normalized spacial score (nSPS) is 22.2. The van der Waals surface area contributed by atoms with Crippen LogP contribution in [0.3, 0.4) is 0 Å². The van der Waals surface area contributed by atoms with Crippen molar-refractivity contribution in [3.8, 4) is 5.75 Å². The summed E-state index contributed by atoms with van der Waals surface area (Å²) in [7, 11) is 0. The molecule has 2 N–H and O–H groups in total. The Hall–Kier alpha value is -1.06. The average molecular weight is 193 g/mol. The van der Waals surface area contributed by atoms with Crippen molar-refractivity contribution < 1.29 is 9.84 Å². The number of nitrogens with one attached hydrogen (secondary N) is 1. The molecule has 0 bridgehead atoms. The first-order chi connectivity index (χ1) is 6.77. The zero-order chi connectivity index (χ0) is 9.97. The lowest BCUT2D eigenvalue weighted by molar-refractivity contribution is 0.0767. The summed E-state index contributed by atoms with van der Waals surface area (Å²) in [5.41, 5.74) is 2.32. The number of hydrogen-bond donors (Lipinski definition) is 2. The maximum absolute atomic E-state index is 9.28. The van der Waals surface area contributed by atoms with Crippen molar-refractivity contribution in [1.29, 1.82) is 0 Å². The molecule has 1 heterocycles. The van der Waals surface area contributed by atoms with Gasteiger partial charge in [-0.1, -0.05) is 6.07 Å². The van der Waals surface area contributed by atoms with Gasteiger partial charge in [0.05, 0.1) is 19.3 Å². The van der Waals surface area contributed by atoms with Gasteiger partial charge >= 0.3 is 0 Å². The van der Waals surface area contributed by atoms with Crippen LogP contribution in [-0.2, 0) is 4.74 Å². The van der Waals surface area contributed by atoms with Gasteiger partial charge in [-0.3, -0.25) is 0 Å². The number of aromatic hydroxyl groups is 1. The quantitative estimate of drug-likeness (QED) is 0.707. The van der Waals surface area contributed by atoms with Crippen molar-refractivity contribution in [3.63, 3.8) is 0 Å². The van der Waals surface area contributed by atoms with Crippen LogP contribution in [0.25, 0.3) is 0 Å². The lowest BCUT2D eigenvalue weighted by atomic mass is 10.0. The van der Waals surface area contributed by atoms with Gasteiger partial charge in [-0.05, 0) is 30.2 Å². The smallest absolute Gasteiger partial charge is 0.115 e. The fourth-order valence-electron chi connectivity index (χ4n) is 1.82. The summed E-state index contributed by atoms with van der Waals surface area (Å²) in [5, 5.41) is 12.7. The van der Waals surface area contributed by atoms with Crippen molar-refractivity contribution >= 4 is 0 Å². The molecule has 3 nitrogen and oxygen atoms in total. The molecule has 1 aromatic rings. The maximum atomic E-state index is 9.28. The van der Waals surface area contributed by atoms with E-state index >= 15 is 0 Å². The number of phenolic OH excluding ortho intramolecular Hbond substituents is 1. The number of morpholine rings is 1. The number of aryl methyl sites for hydroxylation is 1. The molecule has 1 fully saturated rings. The van der Waals surface area contributed by atoms with Gasteiger partial charge in [0, 0.05) is 6.54 Å². The van der Waals surface area contributed by atoms with Gasteiger partial charge in [0.25, 0.3) is 0 Å². The second-order valence-corrected chi connectivity index (χ2v) is 3.62. The van der Waals surface area contributed by atoms with Crippen molar-refractivity contribution in [2.45, 2.75) is 13.0 Å². The lowest BCUT2D eigenvalue weighted by Gasteiger charge is -2.25. The summed E-state index contributed by atoms with van der Waals surface area (Å²) in [6.45, 7) is 4.40. The Morgan fingerprint density at radius 3 is 3.00 bits per heavy atom. The highest BCUT2D eigenvalue weighted by atomic mass is 16.5. The molecular formula is C11H15NO2. The Bertz CT molecular complexity index is 319. The fraction of sp³-hybridized carbons (Fsp3) is 0.455. The van der Waals surface area contributed by atoms with Gasteiger partial charge in [-0.2, -0.15) is 0 Å². The van der Waals surface area contributed by atoms with Crippen LogP contribution in [0.15, 0.2) is 18.2 Å². The molecule has 1 unspecified atom stereocenters. The molecule has 14 heavy (non-hydrogen) atoms. The van der Waals surface area contributed by atoms with Crippen molar-refractivity contribution in [2.24, 2.45) is 0 Å². The maximum Gasteiger partial charge on any atom is 0.115 e. The van der Waals surface area contributed by atoms with E-state index in [2.05, 4.69) is 5.32 Å². The Labute approximate surface area is 83.7 Å². The zero-order valence-electron chi connectivity index (χ0n) is 8.29. The largest absolute Gasteiger partial charge is 0.508 e. The van der Waals surface area contributed by atoms with Crippen LogP contribution in [0.5, 0.6) is 5.75 Å². The number of rotatable bonds is 1. The summed E-state index contributed by atoms with van der Waals surface area (Å²) in [5.74, 6) is 0.322. The number of phenols is 1. The Balaban J connectivity index is 2.22. The van der Waals surface area contributed by atoms with E-state index in [1.807, 2.05) is 13.0 Å². The second kappa shape index (κ2) is 3.98. The van der Waals surface area contributed by atoms with Crippen LogP contribution in [0, 0.1) is 6.92 Å². The molecule has 1 aliphatic heterocycles. The molecule has 0 aromatic heterocycles. The van der Waals surface area contributed by atoms with E-state index in [1.165, 1.54) is 5.56 Å². The highest BCUT2D eigenvalue weighted by molar-refractivity contribution is 5.36. The lowest BCUT2D eigenvalue weighted by Crippen LogP contribution is -2.34. The molecule has 76 valence electrons. The summed E-state index contributed by atoms with van der Waals surface area (Å²) in [4.78, 5) is 0. The van der Waals surface area contributed by atoms with Crippen LogP contribution in [-0.4, -0.2) is 24.9 Å². The molecule has 1 atom stereocenters. The van der Waals surface area contributed by atoms with Crippen molar-refractivity contribution in [2.75, 3.05) is 19.8 Å². The Morgan fingerprint density at radius 2 is 2.36 bits per heavy atom. The molecule has 0 spiro atoms. The van der Waals surface area contributed by atoms with E-state index in [4.69, 9.17) is 4.74 Å². The third kappa shape index (κ3) is 1.89.